The first-order valence-electron chi connectivity index (χ1n) is 7.00. The zero-order valence-corrected chi connectivity index (χ0v) is 11.7. The number of ether oxygens (including phenoxy) is 1. The lowest BCUT2D eigenvalue weighted by Crippen LogP contribution is -2.43. The fourth-order valence-corrected chi connectivity index (χ4v) is 1.81. The van der Waals surface area contributed by atoms with Crippen molar-refractivity contribution in [3.05, 3.63) is 35.9 Å². The summed E-state index contributed by atoms with van der Waals surface area (Å²) in [7, 11) is 0. The van der Waals surface area contributed by atoms with Gasteiger partial charge in [0, 0.05) is 25.7 Å². The van der Waals surface area contributed by atoms with Crippen molar-refractivity contribution >= 4 is 0 Å². The molecule has 0 aliphatic heterocycles. The lowest BCUT2D eigenvalue weighted by atomic mass is 10.0. The van der Waals surface area contributed by atoms with Crippen LogP contribution < -0.4 is 11.1 Å². The molecule has 0 saturated heterocycles. The van der Waals surface area contributed by atoms with E-state index >= 15 is 0 Å². The lowest BCUT2D eigenvalue weighted by Gasteiger charge is -2.19. The molecule has 4 heteroatoms. The van der Waals surface area contributed by atoms with Gasteiger partial charge >= 0.3 is 0 Å². The minimum Gasteiger partial charge on any atom is -0.390 e. The Bertz CT molecular complexity index is 319. The number of benzene rings is 1. The van der Waals surface area contributed by atoms with Crippen molar-refractivity contribution in [2.75, 3.05) is 26.3 Å². The first-order chi connectivity index (χ1) is 9.24. The number of rotatable bonds is 10. The first kappa shape index (κ1) is 16.1. The highest BCUT2D eigenvalue weighted by Gasteiger charge is 2.14. The minimum atomic E-state index is -0.536. The zero-order valence-electron chi connectivity index (χ0n) is 11.7. The molecule has 4 N–H and O–H groups in total. The van der Waals surface area contributed by atoms with E-state index in [9.17, 15) is 5.11 Å². The van der Waals surface area contributed by atoms with Gasteiger partial charge < -0.3 is 20.9 Å². The molecule has 4 nitrogen and oxygen atoms in total. The molecule has 2 atom stereocenters. The van der Waals surface area contributed by atoms with Gasteiger partial charge in [-0.25, -0.2) is 0 Å². The van der Waals surface area contributed by atoms with Crippen LogP contribution in [0.15, 0.2) is 30.3 Å². The van der Waals surface area contributed by atoms with Crippen molar-refractivity contribution in [1.82, 2.24) is 5.32 Å². The maximum Gasteiger partial charge on any atom is 0.0818 e. The molecule has 1 rings (SSSR count). The van der Waals surface area contributed by atoms with Crippen molar-refractivity contribution in [2.45, 2.75) is 31.9 Å². The number of aliphatic hydroxyl groups is 1. The Kier molecular flexibility index (Phi) is 8.41. The highest BCUT2D eigenvalue weighted by Crippen LogP contribution is 2.04. The van der Waals surface area contributed by atoms with Crippen molar-refractivity contribution in [3.8, 4) is 0 Å². The number of hydrogen-bond acceptors (Lipinski definition) is 4. The van der Waals surface area contributed by atoms with Crippen LogP contribution in [0.3, 0.4) is 0 Å². The van der Waals surface area contributed by atoms with Crippen LogP contribution in [0.25, 0.3) is 0 Å². The second kappa shape index (κ2) is 9.92. The van der Waals surface area contributed by atoms with Gasteiger partial charge in [-0.1, -0.05) is 37.3 Å². The molecule has 1 unspecified atom stereocenters. The van der Waals surface area contributed by atoms with Gasteiger partial charge in [0.05, 0.1) is 12.7 Å². The van der Waals surface area contributed by atoms with E-state index in [1.165, 1.54) is 0 Å². The number of nitrogens with one attached hydrogen (secondary N) is 1. The third-order valence-corrected chi connectivity index (χ3v) is 2.93. The molecule has 0 spiro atoms. The van der Waals surface area contributed by atoms with Crippen molar-refractivity contribution in [1.29, 1.82) is 0 Å². The topological polar surface area (TPSA) is 67.5 Å². The van der Waals surface area contributed by atoms with Crippen LogP contribution in [-0.4, -0.2) is 43.6 Å². The van der Waals surface area contributed by atoms with Gasteiger partial charge in [-0.3, -0.25) is 0 Å². The fraction of sp³-hybridized carbons (Fsp3) is 0.600. The Labute approximate surface area is 116 Å². The van der Waals surface area contributed by atoms with Gasteiger partial charge in [-0.15, -0.1) is 0 Å². The van der Waals surface area contributed by atoms with Gasteiger partial charge in [-0.05, 0) is 18.4 Å². The first-order valence-corrected chi connectivity index (χ1v) is 7.00. The van der Waals surface area contributed by atoms with Crippen LogP contribution in [0.5, 0.6) is 0 Å². The molecule has 0 saturated carbocycles. The van der Waals surface area contributed by atoms with E-state index in [1.54, 1.807) is 0 Å². The summed E-state index contributed by atoms with van der Waals surface area (Å²) in [6.07, 6.45) is 1.19. The van der Waals surface area contributed by atoms with E-state index in [-0.39, 0.29) is 6.04 Å². The molecule has 0 aliphatic rings. The Hall–Kier alpha value is -0.940. The Balaban J connectivity index is 2.13. The van der Waals surface area contributed by atoms with Crippen molar-refractivity contribution < 1.29 is 9.84 Å². The van der Waals surface area contributed by atoms with E-state index in [0.29, 0.717) is 19.6 Å². The predicted octanol–water partition coefficient (Wildman–Crippen LogP) is 0.934. The molecule has 0 radical (unpaired) electrons. The van der Waals surface area contributed by atoms with E-state index in [0.717, 1.165) is 25.1 Å². The lowest BCUT2D eigenvalue weighted by molar-refractivity contribution is 0.120. The molecule has 0 heterocycles. The van der Waals surface area contributed by atoms with Gasteiger partial charge in [0.15, 0.2) is 0 Å². The normalized spacial score (nSPS) is 14.3. The maximum atomic E-state index is 9.95. The summed E-state index contributed by atoms with van der Waals surface area (Å²) in [5, 5.41) is 13.1. The summed E-state index contributed by atoms with van der Waals surface area (Å²) in [5.41, 5.74) is 7.14. The molecule has 108 valence electrons. The molecular weight excluding hydrogens is 240 g/mol. The molecule has 0 aliphatic carbocycles. The van der Waals surface area contributed by atoms with Crippen LogP contribution in [0.2, 0.25) is 0 Å². The Morgan fingerprint density at radius 1 is 1.26 bits per heavy atom. The summed E-state index contributed by atoms with van der Waals surface area (Å²) < 4.78 is 5.35. The summed E-state index contributed by atoms with van der Waals surface area (Å²) in [6, 6.07) is 9.75. The van der Waals surface area contributed by atoms with Gasteiger partial charge in [0.1, 0.15) is 0 Å². The average molecular weight is 266 g/mol. The predicted molar refractivity (Wildman–Crippen MR) is 78.1 cm³/mol. The molecule has 1 aromatic carbocycles. The van der Waals surface area contributed by atoms with Crippen molar-refractivity contribution in [2.24, 2.45) is 5.73 Å². The van der Waals surface area contributed by atoms with Crippen LogP contribution in [0.4, 0.5) is 0 Å². The van der Waals surface area contributed by atoms with Gasteiger partial charge in [0.25, 0.3) is 0 Å². The molecule has 0 aromatic heterocycles. The maximum absolute atomic E-state index is 9.95. The molecule has 19 heavy (non-hydrogen) atoms. The quantitative estimate of drug-likeness (QED) is 0.551. The molecule has 0 bridgehead atoms. The van der Waals surface area contributed by atoms with E-state index in [2.05, 4.69) is 12.2 Å². The molecule has 1 aromatic rings. The molecule has 0 amide bonds. The fourth-order valence-electron chi connectivity index (χ4n) is 1.81. The SMILES string of the molecule is CCCOCCNC[C@H](O)C(N)Cc1ccccc1. The summed E-state index contributed by atoms with van der Waals surface area (Å²) in [5.74, 6) is 0. The van der Waals surface area contributed by atoms with Crippen LogP contribution in [-0.2, 0) is 11.2 Å². The monoisotopic (exact) mass is 266 g/mol. The second-order valence-electron chi connectivity index (χ2n) is 4.74. The summed E-state index contributed by atoms with van der Waals surface area (Å²) >= 11 is 0. The Morgan fingerprint density at radius 3 is 2.68 bits per heavy atom. The van der Waals surface area contributed by atoms with Crippen LogP contribution >= 0.6 is 0 Å². The van der Waals surface area contributed by atoms with E-state index in [4.69, 9.17) is 10.5 Å². The summed E-state index contributed by atoms with van der Waals surface area (Å²) in [6.45, 7) is 4.80. The average Bonchev–Trinajstić information content (AvgIpc) is 2.43. The number of aliphatic hydroxyl groups excluding tert-OH is 1. The number of nitrogens with two attached hydrogens (primary N) is 1. The van der Waals surface area contributed by atoms with E-state index in [1.807, 2.05) is 30.3 Å². The standard InChI is InChI=1S/C15H26N2O2/c1-2-9-19-10-8-17-12-15(18)14(16)11-13-6-4-3-5-7-13/h3-7,14-15,17-18H,2,8-12,16H2,1H3/t14?,15-/m0/s1. The molecule has 0 fully saturated rings. The summed E-state index contributed by atoms with van der Waals surface area (Å²) in [4.78, 5) is 0. The van der Waals surface area contributed by atoms with E-state index < -0.39 is 6.10 Å². The number of hydrogen-bond donors (Lipinski definition) is 3. The highest BCUT2D eigenvalue weighted by molar-refractivity contribution is 5.16. The van der Waals surface area contributed by atoms with Crippen LogP contribution in [0.1, 0.15) is 18.9 Å². The molecular formula is C15H26N2O2. The van der Waals surface area contributed by atoms with Crippen LogP contribution in [0, 0.1) is 0 Å². The van der Waals surface area contributed by atoms with Gasteiger partial charge in [-0.2, -0.15) is 0 Å². The smallest absolute Gasteiger partial charge is 0.0818 e. The Morgan fingerprint density at radius 2 is 2.00 bits per heavy atom. The van der Waals surface area contributed by atoms with Crippen molar-refractivity contribution in [3.63, 3.8) is 0 Å². The zero-order chi connectivity index (χ0) is 13.9. The largest absolute Gasteiger partial charge is 0.390 e. The third kappa shape index (κ3) is 7.28. The second-order valence-corrected chi connectivity index (χ2v) is 4.74. The van der Waals surface area contributed by atoms with Gasteiger partial charge in [0.2, 0.25) is 0 Å². The minimum absolute atomic E-state index is 0.244. The third-order valence-electron chi connectivity index (χ3n) is 2.93. The highest BCUT2D eigenvalue weighted by atomic mass is 16.5.